The Bertz CT molecular complexity index is 312. The predicted molar refractivity (Wildman–Crippen MR) is 41.8 cm³/mol. The number of hydrogen-bond donors (Lipinski definition) is 2. The van der Waals surface area contributed by atoms with Gasteiger partial charge in [0.2, 0.25) is 0 Å². The fourth-order valence-corrected chi connectivity index (χ4v) is 0.894. The van der Waals surface area contributed by atoms with E-state index in [1.165, 1.54) is 0 Å². The molecule has 0 bridgehead atoms. The molecule has 5 heteroatoms. The molecule has 5 nitrogen and oxygen atoms in total. The van der Waals surface area contributed by atoms with Crippen LogP contribution in [0, 0.1) is 0 Å². The van der Waals surface area contributed by atoms with Gasteiger partial charge in [-0.25, -0.2) is 4.79 Å². The summed E-state index contributed by atoms with van der Waals surface area (Å²) >= 11 is 0. The van der Waals surface area contributed by atoms with Gasteiger partial charge >= 0.3 is 5.97 Å². The lowest BCUT2D eigenvalue weighted by Gasteiger charge is -2.12. The molecule has 1 unspecified atom stereocenters. The Labute approximate surface area is 73.9 Å². The summed E-state index contributed by atoms with van der Waals surface area (Å²) in [7, 11) is 1.16. The highest BCUT2D eigenvalue weighted by Gasteiger charge is 2.25. The molecular formula is C8H8O5. The molecule has 0 amide bonds. The first kappa shape index (κ1) is 9.47. The minimum absolute atomic E-state index is 0.0738. The van der Waals surface area contributed by atoms with Gasteiger partial charge in [-0.15, -0.1) is 0 Å². The zero-order chi connectivity index (χ0) is 10.0. The molecule has 1 rings (SSSR count). The SMILES string of the molecule is COC(=O)C1=CC(=O)C(O)C(O)=C1. The molecule has 0 aromatic heterocycles. The lowest BCUT2D eigenvalue weighted by Crippen LogP contribution is -2.25. The summed E-state index contributed by atoms with van der Waals surface area (Å²) in [5.41, 5.74) is -0.0738. The smallest absolute Gasteiger partial charge is 0.338 e. The van der Waals surface area contributed by atoms with E-state index in [4.69, 9.17) is 10.2 Å². The third-order valence-electron chi connectivity index (χ3n) is 1.57. The summed E-state index contributed by atoms with van der Waals surface area (Å²) in [6.45, 7) is 0. The molecule has 0 aliphatic heterocycles. The van der Waals surface area contributed by atoms with Gasteiger partial charge < -0.3 is 14.9 Å². The van der Waals surface area contributed by atoms with E-state index in [0.717, 1.165) is 19.3 Å². The Morgan fingerprint density at radius 1 is 1.54 bits per heavy atom. The van der Waals surface area contributed by atoms with Crippen molar-refractivity contribution < 1.29 is 24.5 Å². The Morgan fingerprint density at radius 2 is 2.15 bits per heavy atom. The standard InChI is InChI=1S/C8H8O5/c1-13-8(12)4-2-5(9)7(11)6(10)3-4/h2-3,7,9,11H,1H3. The maximum absolute atomic E-state index is 10.9. The van der Waals surface area contributed by atoms with Crippen LogP contribution in [-0.2, 0) is 14.3 Å². The van der Waals surface area contributed by atoms with Crippen LogP contribution in [0.3, 0.4) is 0 Å². The first-order valence-electron chi connectivity index (χ1n) is 3.48. The molecular weight excluding hydrogens is 176 g/mol. The van der Waals surface area contributed by atoms with Crippen molar-refractivity contribution in [1.82, 2.24) is 0 Å². The van der Waals surface area contributed by atoms with Crippen molar-refractivity contribution in [2.45, 2.75) is 6.10 Å². The van der Waals surface area contributed by atoms with Gasteiger partial charge in [0.05, 0.1) is 12.7 Å². The summed E-state index contributed by atoms with van der Waals surface area (Å²) in [5.74, 6) is -2.01. The highest BCUT2D eigenvalue weighted by Crippen LogP contribution is 2.14. The molecule has 0 aromatic rings. The Hall–Kier alpha value is -1.62. The molecule has 0 heterocycles. The Balaban J connectivity index is 2.97. The van der Waals surface area contributed by atoms with Crippen molar-refractivity contribution in [2.75, 3.05) is 7.11 Å². The number of hydrogen-bond acceptors (Lipinski definition) is 5. The van der Waals surface area contributed by atoms with Gasteiger partial charge in [-0.3, -0.25) is 4.79 Å². The minimum Gasteiger partial charge on any atom is -0.509 e. The topological polar surface area (TPSA) is 83.8 Å². The van der Waals surface area contributed by atoms with Crippen molar-refractivity contribution in [2.24, 2.45) is 0 Å². The molecule has 0 aromatic carbocycles. The van der Waals surface area contributed by atoms with Crippen molar-refractivity contribution in [3.63, 3.8) is 0 Å². The van der Waals surface area contributed by atoms with Crippen molar-refractivity contribution in [1.29, 1.82) is 0 Å². The van der Waals surface area contributed by atoms with E-state index in [1.807, 2.05) is 0 Å². The van der Waals surface area contributed by atoms with E-state index in [1.54, 1.807) is 0 Å². The molecule has 0 radical (unpaired) electrons. The summed E-state index contributed by atoms with van der Waals surface area (Å²) < 4.78 is 4.32. The summed E-state index contributed by atoms with van der Waals surface area (Å²) in [5, 5.41) is 18.0. The van der Waals surface area contributed by atoms with Crippen LogP contribution in [0.5, 0.6) is 0 Å². The predicted octanol–water partition coefficient (Wildman–Crippen LogP) is -0.529. The van der Waals surface area contributed by atoms with Crippen LogP contribution in [0.1, 0.15) is 0 Å². The minimum atomic E-state index is -1.56. The van der Waals surface area contributed by atoms with Crippen LogP contribution in [0.25, 0.3) is 0 Å². The molecule has 2 N–H and O–H groups in total. The lowest BCUT2D eigenvalue weighted by molar-refractivity contribution is -0.136. The fourth-order valence-electron chi connectivity index (χ4n) is 0.894. The number of esters is 1. The monoisotopic (exact) mass is 184 g/mol. The summed E-state index contributed by atoms with van der Waals surface area (Å²) in [6.07, 6.45) is 0.363. The second-order valence-electron chi connectivity index (χ2n) is 2.47. The van der Waals surface area contributed by atoms with Gasteiger partial charge in [-0.05, 0) is 12.2 Å². The molecule has 0 saturated carbocycles. The summed E-state index contributed by atoms with van der Waals surface area (Å²) in [6, 6.07) is 0. The number of aliphatic hydroxyl groups is 2. The number of methoxy groups -OCH3 is 1. The van der Waals surface area contributed by atoms with E-state index in [9.17, 15) is 9.59 Å². The average molecular weight is 184 g/mol. The second-order valence-corrected chi connectivity index (χ2v) is 2.47. The molecule has 1 aliphatic rings. The third kappa shape index (κ3) is 1.75. The zero-order valence-corrected chi connectivity index (χ0v) is 6.85. The number of rotatable bonds is 1. The van der Waals surface area contributed by atoms with E-state index in [2.05, 4.69) is 4.74 Å². The molecule has 0 spiro atoms. The molecule has 13 heavy (non-hydrogen) atoms. The highest BCUT2D eigenvalue weighted by atomic mass is 16.5. The van der Waals surface area contributed by atoms with E-state index < -0.39 is 23.6 Å². The maximum atomic E-state index is 10.9. The van der Waals surface area contributed by atoms with Crippen LogP contribution in [0.4, 0.5) is 0 Å². The van der Waals surface area contributed by atoms with E-state index in [0.29, 0.717) is 0 Å². The largest absolute Gasteiger partial charge is 0.509 e. The van der Waals surface area contributed by atoms with Crippen molar-refractivity contribution >= 4 is 11.8 Å². The van der Waals surface area contributed by atoms with Gasteiger partial charge in [0.15, 0.2) is 11.9 Å². The quantitative estimate of drug-likeness (QED) is 0.535. The molecule has 0 fully saturated rings. The Morgan fingerprint density at radius 3 is 2.62 bits per heavy atom. The zero-order valence-electron chi connectivity index (χ0n) is 6.85. The lowest BCUT2D eigenvalue weighted by atomic mass is 10.0. The van der Waals surface area contributed by atoms with Crippen LogP contribution in [0.15, 0.2) is 23.5 Å². The molecule has 1 atom stereocenters. The van der Waals surface area contributed by atoms with Crippen LogP contribution >= 0.6 is 0 Å². The maximum Gasteiger partial charge on any atom is 0.338 e. The van der Waals surface area contributed by atoms with Gasteiger partial charge in [0.1, 0.15) is 5.76 Å². The van der Waals surface area contributed by atoms with Crippen molar-refractivity contribution in [3.8, 4) is 0 Å². The summed E-state index contributed by atoms with van der Waals surface area (Å²) in [4.78, 5) is 21.8. The number of ketones is 1. The van der Waals surface area contributed by atoms with E-state index >= 15 is 0 Å². The normalized spacial score (nSPS) is 22.0. The van der Waals surface area contributed by atoms with Crippen LogP contribution in [0.2, 0.25) is 0 Å². The molecule has 1 aliphatic carbocycles. The van der Waals surface area contributed by atoms with Gasteiger partial charge in [-0.1, -0.05) is 0 Å². The molecule has 0 saturated heterocycles. The van der Waals surface area contributed by atoms with Gasteiger partial charge in [0.25, 0.3) is 0 Å². The average Bonchev–Trinajstić information content (AvgIpc) is 2.12. The third-order valence-corrected chi connectivity index (χ3v) is 1.57. The number of aliphatic hydroxyl groups excluding tert-OH is 2. The number of carbonyl (C=O) groups excluding carboxylic acids is 2. The van der Waals surface area contributed by atoms with Crippen LogP contribution < -0.4 is 0 Å². The highest BCUT2D eigenvalue weighted by molar-refractivity contribution is 6.05. The number of ether oxygens (including phenoxy) is 1. The Kier molecular flexibility index (Phi) is 2.48. The number of carbonyl (C=O) groups is 2. The second kappa shape index (κ2) is 3.40. The first-order chi connectivity index (χ1) is 6.06. The first-order valence-corrected chi connectivity index (χ1v) is 3.48. The van der Waals surface area contributed by atoms with E-state index in [-0.39, 0.29) is 5.57 Å². The van der Waals surface area contributed by atoms with Crippen LogP contribution in [-0.4, -0.2) is 35.2 Å². The van der Waals surface area contributed by atoms with Gasteiger partial charge in [0, 0.05) is 0 Å². The van der Waals surface area contributed by atoms with Crippen molar-refractivity contribution in [3.05, 3.63) is 23.5 Å². The van der Waals surface area contributed by atoms with Gasteiger partial charge in [-0.2, -0.15) is 0 Å². The molecule has 70 valence electrons. The fraction of sp³-hybridized carbons (Fsp3) is 0.250.